The molecule has 1 saturated heterocycles. The van der Waals surface area contributed by atoms with Gasteiger partial charge in [-0.25, -0.2) is 4.98 Å². The molecule has 1 aliphatic heterocycles. The van der Waals surface area contributed by atoms with Crippen molar-refractivity contribution >= 4 is 5.69 Å². The number of ether oxygens (including phenoxy) is 1. The Kier molecular flexibility index (Phi) is 4.83. The van der Waals surface area contributed by atoms with E-state index >= 15 is 0 Å². The van der Waals surface area contributed by atoms with Crippen LogP contribution in [0.1, 0.15) is 5.69 Å². The predicted octanol–water partition coefficient (Wildman–Crippen LogP) is 1.87. The average Bonchev–Trinajstić information content (AvgIpc) is 3.05. The third-order valence-corrected chi connectivity index (χ3v) is 4.36. The minimum atomic E-state index is 0.821. The topological polar surface area (TPSA) is 56.4 Å². The first-order valence-electron chi connectivity index (χ1n) is 8.00. The van der Waals surface area contributed by atoms with E-state index in [1.165, 1.54) is 0 Å². The second-order valence-corrected chi connectivity index (χ2v) is 6.00. The van der Waals surface area contributed by atoms with E-state index in [-0.39, 0.29) is 0 Å². The van der Waals surface area contributed by atoms with Crippen molar-refractivity contribution in [3.63, 3.8) is 0 Å². The number of likely N-dealkylation sites (N-methyl/N-ethyl adjacent to an activating group) is 1. The first-order valence-corrected chi connectivity index (χ1v) is 8.00. The van der Waals surface area contributed by atoms with Gasteiger partial charge in [-0.2, -0.15) is 0 Å². The van der Waals surface area contributed by atoms with Gasteiger partial charge < -0.3 is 19.9 Å². The lowest BCUT2D eigenvalue weighted by molar-refractivity contribution is 0.147. The number of aromatic amines is 1. The van der Waals surface area contributed by atoms with Crippen LogP contribution in [0.3, 0.4) is 0 Å². The molecular weight excluding hydrogens is 290 g/mol. The smallest absolute Gasteiger partial charge is 0.142 e. The van der Waals surface area contributed by atoms with E-state index < -0.39 is 0 Å². The van der Waals surface area contributed by atoms with Gasteiger partial charge in [0.05, 0.1) is 12.8 Å². The SMILES string of the molecule is CNc1ccc(-c2ncc(CN3CCN(C)CC3)[nH]2)cc1OC. The number of aromatic nitrogens is 2. The van der Waals surface area contributed by atoms with Crippen molar-refractivity contribution in [3.8, 4) is 17.1 Å². The molecule has 2 heterocycles. The van der Waals surface area contributed by atoms with E-state index in [2.05, 4.69) is 32.1 Å². The third-order valence-electron chi connectivity index (χ3n) is 4.36. The Hall–Kier alpha value is -2.05. The van der Waals surface area contributed by atoms with Crippen molar-refractivity contribution in [3.05, 3.63) is 30.1 Å². The lowest BCUT2D eigenvalue weighted by Gasteiger charge is -2.31. The van der Waals surface area contributed by atoms with Gasteiger partial charge in [-0.05, 0) is 25.2 Å². The summed E-state index contributed by atoms with van der Waals surface area (Å²) in [6.07, 6.45) is 1.94. The number of H-pyrrole nitrogens is 1. The van der Waals surface area contributed by atoms with Crippen LogP contribution in [-0.2, 0) is 6.54 Å². The van der Waals surface area contributed by atoms with Crippen LogP contribution in [0, 0.1) is 0 Å². The summed E-state index contributed by atoms with van der Waals surface area (Å²) in [4.78, 5) is 12.8. The summed E-state index contributed by atoms with van der Waals surface area (Å²) in [5.74, 6) is 1.71. The molecular formula is C17H25N5O. The van der Waals surface area contributed by atoms with Crippen LogP contribution in [0.5, 0.6) is 5.75 Å². The van der Waals surface area contributed by atoms with Gasteiger partial charge in [0.2, 0.25) is 0 Å². The van der Waals surface area contributed by atoms with Crippen molar-refractivity contribution in [1.29, 1.82) is 0 Å². The van der Waals surface area contributed by atoms with Crippen molar-refractivity contribution in [2.45, 2.75) is 6.54 Å². The van der Waals surface area contributed by atoms with Crippen LogP contribution in [0.15, 0.2) is 24.4 Å². The van der Waals surface area contributed by atoms with E-state index in [0.29, 0.717) is 0 Å². The molecule has 0 unspecified atom stereocenters. The zero-order valence-corrected chi connectivity index (χ0v) is 14.1. The summed E-state index contributed by atoms with van der Waals surface area (Å²) >= 11 is 0. The molecule has 0 saturated carbocycles. The van der Waals surface area contributed by atoms with Gasteiger partial charge in [0.15, 0.2) is 0 Å². The molecule has 124 valence electrons. The maximum atomic E-state index is 5.42. The number of hydrogen-bond donors (Lipinski definition) is 2. The summed E-state index contributed by atoms with van der Waals surface area (Å²) in [5.41, 5.74) is 3.16. The van der Waals surface area contributed by atoms with E-state index in [4.69, 9.17) is 4.74 Å². The molecule has 0 radical (unpaired) electrons. The van der Waals surface area contributed by atoms with Gasteiger partial charge in [0.1, 0.15) is 11.6 Å². The number of anilines is 1. The lowest BCUT2D eigenvalue weighted by Crippen LogP contribution is -2.43. The highest BCUT2D eigenvalue weighted by Crippen LogP contribution is 2.29. The molecule has 1 aliphatic rings. The van der Waals surface area contributed by atoms with Crippen molar-refractivity contribution in [2.75, 3.05) is 52.7 Å². The molecule has 1 aromatic carbocycles. The van der Waals surface area contributed by atoms with Crippen LogP contribution >= 0.6 is 0 Å². The molecule has 0 amide bonds. The fraction of sp³-hybridized carbons (Fsp3) is 0.471. The molecule has 0 atom stereocenters. The van der Waals surface area contributed by atoms with E-state index in [9.17, 15) is 0 Å². The number of imidazole rings is 1. The Morgan fingerprint density at radius 3 is 2.74 bits per heavy atom. The number of hydrogen-bond acceptors (Lipinski definition) is 5. The number of nitrogens with zero attached hydrogens (tertiary/aromatic N) is 3. The number of rotatable bonds is 5. The monoisotopic (exact) mass is 315 g/mol. The summed E-state index contributed by atoms with van der Waals surface area (Å²) in [6, 6.07) is 6.06. The van der Waals surface area contributed by atoms with E-state index in [1.807, 2.05) is 31.4 Å². The molecule has 6 nitrogen and oxygen atoms in total. The summed E-state index contributed by atoms with van der Waals surface area (Å²) < 4.78 is 5.42. The molecule has 0 spiro atoms. The number of methoxy groups -OCH3 is 1. The average molecular weight is 315 g/mol. The van der Waals surface area contributed by atoms with Crippen LogP contribution in [-0.4, -0.2) is 67.2 Å². The zero-order valence-electron chi connectivity index (χ0n) is 14.1. The second-order valence-electron chi connectivity index (χ2n) is 6.00. The van der Waals surface area contributed by atoms with Crippen LogP contribution in [0.2, 0.25) is 0 Å². The van der Waals surface area contributed by atoms with Crippen molar-refractivity contribution in [2.24, 2.45) is 0 Å². The highest BCUT2D eigenvalue weighted by molar-refractivity contribution is 5.67. The fourth-order valence-corrected chi connectivity index (χ4v) is 2.88. The molecule has 0 bridgehead atoms. The second kappa shape index (κ2) is 7.02. The Labute approximate surface area is 137 Å². The predicted molar refractivity (Wildman–Crippen MR) is 92.9 cm³/mol. The third kappa shape index (κ3) is 3.65. The standard InChI is InChI=1S/C17H25N5O/c1-18-15-5-4-13(10-16(15)23-3)17-19-11-14(20-17)12-22-8-6-21(2)7-9-22/h4-5,10-11,18H,6-9,12H2,1-3H3,(H,19,20). The normalized spacial score (nSPS) is 16.5. The van der Waals surface area contributed by atoms with Crippen molar-refractivity contribution in [1.82, 2.24) is 19.8 Å². The number of nitrogens with one attached hydrogen (secondary N) is 2. The summed E-state index contributed by atoms with van der Waals surface area (Å²) in [5, 5.41) is 3.12. The maximum Gasteiger partial charge on any atom is 0.142 e. The molecule has 6 heteroatoms. The van der Waals surface area contributed by atoms with E-state index in [1.54, 1.807) is 7.11 Å². The maximum absolute atomic E-state index is 5.42. The van der Waals surface area contributed by atoms with Gasteiger partial charge in [-0.3, -0.25) is 4.90 Å². The molecule has 3 rings (SSSR count). The molecule has 0 aliphatic carbocycles. The highest BCUT2D eigenvalue weighted by atomic mass is 16.5. The Morgan fingerprint density at radius 1 is 1.26 bits per heavy atom. The van der Waals surface area contributed by atoms with Gasteiger partial charge in [-0.1, -0.05) is 0 Å². The molecule has 2 N–H and O–H groups in total. The number of benzene rings is 1. The largest absolute Gasteiger partial charge is 0.495 e. The quantitative estimate of drug-likeness (QED) is 0.882. The van der Waals surface area contributed by atoms with Crippen molar-refractivity contribution < 1.29 is 4.74 Å². The Balaban J connectivity index is 1.71. The molecule has 1 aromatic heterocycles. The van der Waals surface area contributed by atoms with E-state index in [0.717, 1.165) is 61.2 Å². The van der Waals surface area contributed by atoms with Gasteiger partial charge in [0, 0.05) is 57.2 Å². The van der Waals surface area contributed by atoms with Crippen LogP contribution in [0.4, 0.5) is 5.69 Å². The van der Waals surface area contributed by atoms with Gasteiger partial charge in [-0.15, -0.1) is 0 Å². The molecule has 23 heavy (non-hydrogen) atoms. The molecule has 1 fully saturated rings. The van der Waals surface area contributed by atoms with Gasteiger partial charge in [0.25, 0.3) is 0 Å². The molecule has 2 aromatic rings. The van der Waals surface area contributed by atoms with Crippen LogP contribution < -0.4 is 10.1 Å². The highest BCUT2D eigenvalue weighted by Gasteiger charge is 2.15. The minimum absolute atomic E-state index is 0.821. The summed E-state index contributed by atoms with van der Waals surface area (Å²) in [7, 11) is 5.74. The van der Waals surface area contributed by atoms with Crippen LogP contribution in [0.25, 0.3) is 11.4 Å². The van der Waals surface area contributed by atoms with Gasteiger partial charge >= 0.3 is 0 Å². The fourth-order valence-electron chi connectivity index (χ4n) is 2.88. The summed E-state index contributed by atoms with van der Waals surface area (Å²) in [6.45, 7) is 5.39. The minimum Gasteiger partial charge on any atom is -0.495 e. The zero-order chi connectivity index (χ0) is 16.2. The lowest BCUT2D eigenvalue weighted by atomic mass is 10.2. The first kappa shape index (κ1) is 15.8. The Morgan fingerprint density at radius 2 is 2.04 bits per heavy atom. The Bertz CT molecular complexity index is 646. The first-order chi connectivity index (χ1) is 11.2. The number of piperazine rings is 1.